The number of fused-ring (bicyclic) bond motifs is 10. The Balaban J connectivity index is 0.698. The first-order valence-electron chi connectivity index (χ1n) is 31.2. The summed E-state index contributed by atoms with van der Waals surface area (Å²) in [5.41, 5.74) is 20.4. The summed E-state index contributed by atoms with van der Waals surface area (Å²) >= 11 is 0. The second kappa shape index (κ2) is 21.7. The highest BCUT2D eigenvalue weighted by Gasteiger charge is 2.26. The number of pyridine rings is 2. The van der Waals surface area contributed by atoms with E-state index in [4.69, 9.17) is 8.83 Å². The second-order valence-electron chi connectivity index (χ2n) is 23.8. The number of furan rings is 2. The Morgan fingerprint density at radius 1 is 0.272 bits per heavy atom. The molecule has 18 rings (SSSR count). The van der Waals surface area contributed by atoms with Gasteiger partial charge in [0.05, 0.1) is 23.0 Å². The first-order chi connectivity index (χ1) is 45.5. The van der Waals surface area contributed by atoms with E-state index < -0.39 is 0 Å². The van der Waals surface area contributed by atoms with Gasteiger partial charge in [0, 0.05) is 57.9 Å². The molecule has 430 valence electrons. The van der Waals surface area contributed by atoms with Crippen molar-refractivity contribution >= 4 is 121 Å². The van der Waals surface area contributed by atoms with Gasteiger partial charge in [-0.15, -0.1) is 0 Å². The summed E-state index contributed by atoms with van der Waals surface area (Å²) in [5.74, 6) is 0. The highest BCUT2D eigenvalue weighted by Crippen LogP contribution is 2.46. The number of benzene rings is 14. The average molecular weight is 1180 g/mol. The topological polar surface area (TPSA) is 49.5 Å². The fourth-order valence-corrected chi connectivity index (χ4v) is 13.7. The van der Waals surface area contributed by atoms with Gasteiger partial charge in [-0.2, -0.15) is 4.57 Å². The lowest BCUT2D eigenvalue weighted by Gasteiger charge is -2.26. The molecule has 0 N–H and O–H groups in total. The van der Waals surface area contributed by atoms with Crippen LogP contribution in [0.25, 0.3) is 137 Å². The van der Waals surface area contributed by atoms with Gasteiger partial charge in [0.25, 0.3) is 5.52 Å². The standard InChI is InChI=1S/C86H55N4O2/c1-4-13-64-50-67(25-21-56(64)10-1)59-29-38-72(39-30-59)89(80-18-7-16-78-77-47-48-87-55-83(77)92-85(78)80)73-44-35-62(36-45-73)70-28-24-63-37-46-76(54-71(63)53-70)88-49-9-20-82-84(88)79-17-8-19-81(86(79)91-82)90(74-40-31-60(32-41-74)68-26-22-57-11-2-5-14-65(57)51-68)75-42-33-61(34-43-75)69-27-23-58-12-3-6-15-66(58)52-69/h1-55H/q+1. The first kappa shape index (κ1) is 52.7. The molecule has 14 aromatic carbocycles. The third kappa shape index (κ3) is 9.19. The summed E-state index contributed by atoms with van der Waals surface area (Å²) in [6, 6.07) is 114. The van der Waals surface area contributed by atoms with Gasteiger partial charge in [0.2, 0.25) is 5.69 Å². The summed E-state index contributed by atoms with van der Waals surface area (Å²) in [6.07, 6.45) is 5.77. The Morgan fingerprint density at radius 3 is 1.14 bits per heavy atom. The number of para-hydroxylation sites is 2. The fraction of sp³-hybridized carbons (Fsp3) is 0. The Bertz CT molecular complexity index is 5770. The van der Waals surface area contributed by atoms with Crippen LogP contribution in [0.3, 0.4) is 0 Å². The van der Waals surface area contributed by atoms with Gasteiger partial charge < -0.3 is 18.6 Å². The van der Waals surface area contributed by atoms with E-state index in [0.29, 0.717) is 0 Å². The minimum absolute atomic E-state index is 0.757. The van der Waals surface area contributed by atoms with Crippen molar-refractivity contribution in [3.05, 3.63) is 334 Å². The smallest absolute Gasteiger partial charge is 0.265 e. The lowest BCUT2D eigenvalue weighted by Crippen LogP contribution is -2.30. The molecule has 0 saturated heterocycles. The number of anilines is 6. The molecule has 18 aromatic rings. The predicted octanol–water partition coefficient (Wildman–Crippen LogP) is 23.4. The molecule has 0 unspecified atom stereocenters. The van der Waals surface area contributed by atoms with E-state index in [9.17, 15) is 0 Å². The molecule has 4 aromatic heterocycles. The number of nitrogens with zero attached hydrogens (tertiary/aromatic N) is 4. The van der Waals surface area contributed by atoms with Gasteiger partial charge in [-0.25, -0.2) is 0 Å². The van der Waals surface area contributed by atoms with E-state index in [1.165, 1.54) is 49.0 Å². The lowest BCUT2D eigenvalue weighted by molar-refractivity contribution is -0.566. The number of hydrogen-bond donors (Lipinski definition) is 0. The zero-order valence-corrected chi connectivity index (χ0v) is 49.9. The van der Waals surface area contributed by atoms with Crippen LogP contribution in [0, 0.1) is 0 Å². The number of hydrogen-bond acceptors (Lipinski definition) is 5. The van der Waals surface area contributed by atoms with Gasteiger partial charge in [0.1, 0.15) is 0 Å². The maximum absolute atomic E-state index is 7.08. The van der Waals surface area contributed by atoms with Crippen LogP contribution in [0.5, 0.6) is 0 Å². The highest BCUT2D eigenvalue weighted by molar-refractivity contribution is 6.11. The highest BCUT2D eigenvalue weighted by atomic mass is 16.3. The molecule has 0 atom stereocenters. The molecule has 6 nitrogen and oxygen atoms in total. The molecule has 0 aliphatic heterocycles. The maximum Gasteiger partial charge on any atom is 0.265 e. The zero-order valence-electron chi connectivity index (χ0n) is 49.9. The predicted molar refractivity (Wildman–Crippen MR) is 381 cm³/mol. The van der Waals surface area contributed by atoms with Crippen molar-refractivity contribution in [1.82, 2.24) is 4.98 Å². The van der Waals surface area contributed by atoms with Gasteiger partial charge in [-0.05, 0) is 197 Å². The van der Waals surface area contributed by atoms with Crippen molar-refractivity contribution in [2.75, 3.05) is 9.80 Å². The van der Waals surface area contributed by atoms with Crippen LogP contribution in [-0.2, 0) is 0 Å². The molecule has 0 bridgehead atoms. The van der Waals surface area contributed by atoms with Crippen LogP contribution in [0.15, 0.2) is 343 Å². The quantitative estimate of drug-likeness (QED) is 0.121. The van der Waals surface area contributed by atoms with Crippen LogP contribution < -0.4 is 14.4 Å². The number of rotatable bonds is 11. The van der Waals surface area contributed by atoms with Crippen molar-refractivity contribution in [2.45, 2.75) is 0 Å². The SMILES string of the molecule is c1ccc2cc(-c3ccc(N(c4ccc(-c5ccc6ccc(-[n+]7cccc8oc9c(N(c%10ccc(-c%11ccc%12ccccc%12c%11)cc%10)c%10ccc(-c%11ccc%12ccccc%12c%11)cc%10)cccc9c87)cc6c5)cc4)c4cccc5c4oc4cnccc45)cc3)ccc2c1. The Hall–Kier alpha value is -12.4. The van der Waals surface area contributed by atoms with Crippen LogP contribution >= 0.6 is 0 Å². The molecule has 0 spiro atoms. The normalized spacial score (nSPS) is 11.7. The van der Waals surface area contributed by atoms with E-state index in [0.717, 1.165) is 122 Å². The maximum atomic E-state index is 7.08. The van der Waals surface area contributed by atoms with Crippen LogP contribution in [0.4, 0.5) is 34.1 Å². The minimum atomic E-state index is 0.757. The van der Waals surface area contributed by atoms with Crippen LogP contribution in [0.1, 0.15) is 0 Å². The molecule has 6 heteroatoms. The van der Waals surface area contributed by atoms with E-state index in [2.05, 4.69) is 335 Å². The van der Waals surface area contributed by atoms with E-state index in [1.54, 1.807) is 6.20 Å². The summed E-state index contributed by atoms with van der Waals surface area (Å²) < 4.78 is 16.0. The van der Waals surface area contributed by atoms with Gasteiger partial charge in [-0.3, -0.25) is 4.98 Å². The molecule has 4 heterocycles. The van der Waals surface area contributed by atoms with Gasteiger partial charge in [0.15, 0.2) is 28.5 Å². The minimum Gasteiger partial charge on any atom is -0.452 e. The van der Waals surface area contributed by atoms with Gasteiger partial charge >= 0.3 is 0 Å². The molecule has 0 saturated carbocycles. The van der Waals surface area contributed by atoms with Crippen molar-refractivity contribution in [3.63, 3.8) is 0 Å². The molecule has 0 aliphatic carbocycles. The molecule has 0 radical (unpaired) electrons. The van der Waals surface area contributed by atoms with E-state index in [1.807, 2.05) is 12.3 Å². The largest absolute Gasteiger partial charge is 0.452 e. The molecular formula is C86H55N4O2+. The third-order valence-electron chi connectivity index (χ3n) is 18.4. The summed E-state index contributed by atoms with van der Waals surface area (Å²) in [5, 5.41) is 12.7. The fourth-order valence-electron chi connectivity index (χ4n) is 13.7. The van der Waals surface area contributed by atoms with Crippen molar-refractivity contribution in [2.24, 2.45) is 0 Å². The third-order valence-corrected chi connectivity index (χ3v) is 18.4. The molecule has 0 amide bonds. The summed E-state index contributed by atoms with van der Waals surface area (Å²) in [6.45, 7) is 0. The summed E-state index contributed by atoms with van der Waals surface area (Å²) in [4.78, 5) is 9.02. The van der Waals surface area contributed by atoms with E-state index >= 15 is 0 Å². The Kier molecular flexibility index (Phi) is 12.5. The zero-order chi connectivity index (χ0) is 60.6. The number of aromatic nitrogens is 2. The molecular weight excluding hydrogens is 1120 g/mol. The van der Waals surface area contributed by atoms with Crippen molar-refractivity contribution in [1.29, 1.82) is 0 Å². The van der Waals surface area contributed by atoms with E-state index in [-0.39, 0.29) is 0 Å². The van der Waals surface area contributed by atoms with Crippen molar-refractivity contribution < 1.29 is 13.4 Å². The Labute approximate surface area is 530 Å². The molecule has 0 aliphatic rings. The second-order valence-corrected chi connectivity index (χ2v) is 23.8. The molecule has 92 heavy (non-hydrogen) atoms. The van der Waals surface area contributed by atoms with Crippen LogP contribution in [-0.4, -0.2) is 4.98 Å². The van der Waals surface area contributed by atoms with Gasteiger partial charge in [-0.1, -0.05) is 188 Å². The lowest BCUT2D eigenvalue weighted by atomic mass is 9.99. The van der Waals surface area contributed by atoms with Crippen LogP contribution in [0.2, 0.25) is 0 Å². The Morgan fingerprint density at radius 2 is 0.663 bits per heavy atom. The summed E-state index contributed by atoms with van der Waals surface area (Å²) in [7, 11) is 0. The molecule has 0 fully saturated rings. The monoisotopic (exact) mass is 1180 g/mol. The average Bonchev–Trinajstić information content (AvgIpc) is 1.68. The van der Waals surface area contributed by atoms with Crippen molar-refractivity contribution in [3.8, 4) is 50.2 Å². The first-order valence-corrected chi connectivity index (χ1v) is 31.2.